The molecular weight excluding hydrogens is 76.1 g/mol. The first-order chi connectivity index (χ1) is 3.00. The van der Waals surface area contributed by atoms with Gasteiger partial charge in [0.05, 0.1) is 6.42 Å². The smallest absolute Gasteiger partial charge is 0.207 e. The van der Waals surface area contributed by atoms with Crippen LogP contribution in [0.3, 0.4) is 0 Å². The van der Waals surface area contributed by atoms with Crippen molar-refractivity contribution < 1.29 is 4.74 Å². The van der Waals surface area contributed by atoms with Gasteiger partial charge in [0, 0.05) is 0 Å². The van der Waals surface area contributed by atoms with Crippen LogP contribution in [0.2, 0.25) is 0 Å². The maximum atomic E-state index is 4.00. The molecule has 1 heterocycles. The second kappa shape index (κ2) is 1.84. The molecular formula is C5H7O+. The quantitative estimate of drug-likeness (QED) is 0.287. The van der Waals surface area contributed by atoms with Crippen LogP contribution >= 0.6 is 0 Å². The first-order valence-corrected chi connectivity index (χ1v) is 2.09. The highest BCUT2D eigenvalue weighted by atomic mass is 16.5. The van der Waals surface area contributed by atoms with Crippen molar-refractivity contribution in [2.45, 2.75) is 6.42 Å². The molecule has 1 heteroatoms. The van der Waals surface area contributed by atoms with E-state index in [1.165, 1.54) is 0 Å². The molecule has 0 radical (unpaired) electrons. The van der Waals surface area contributed by atoms with Crippen molar-refractivity contribution in [3.8, 4) is 11.8 Å². The fourth-order valence-corrected chi connectivity index (χ4v) is 0.414. The monoisotopic (exact) mass is 83.0 g/mol. The molecule has 1 rings (SSSR count). The first kappa shape index (κ1) is 3.70. The molecule has 0 unspecified atom stereocenters. The highest BCUT2D eigenvalue weighted by Crippen LogP contribution is 1.79. The van der Waals surface area contributed by atoms with E-state index in [0.29, 0.717) is 0 Å². The van der Waals surface area contributed by atoms with Gasteiger partial charge >= 0.3 is 0 Å². The molecule has 0 bridgehead atoms. The fourth-order valence-electron chi connectivity index (χ4n) is 0.414. The van der Waals surface area contributed by atoms with Gasteiger partial charge in [0.2, 0.25) is 6.61 Å². The van der Waals surface area contributed by atoms with Gasteiger partial charge in [0.25, 0.3) is 0 Å². The van der Waals surface area contributed by atoms with E-state index < -0.39 is 0 Å². The Hall–Kier alpha value is -0.480. The molecule has 1 aliphatic heterocycles. The molecule has 0 aromatic rings. The predicted octanol–water partition coefficient (Wildman–Crippen LogP) is -0.0785. The van der Waals surface area contributed by atoms with Crippen molar-refractivity contribution in [3.05, 3.63) is 0 Å². The van der Waals surface area contributed by atoms with Crippen LogP contribution in [0.5, 0.6) is 0 Å². The molecule has 6 heavy (non-hydrogen) atoms. The van der Waals surface area contributed by atoms with Crippen molar-refractivity contribution in [2.24, 2.45) is 0 Å². The van der Waals surface area contributed by atoms with Crippen LogP contribution in [0, 0.1) is 11.8 Å². The van der Waals surface area contributed by atoms with E-state index in [-0.39, 0.29) is 0 Å². The molecule has 0 aliphatic carbocycles. The molecule has 1 nitrogen and oxygen atoms in total. The van der Waals surface area contributed by atoms with Crippen LogP contribution < -0.4 is 0 Å². The molecule has 0 spiro atoms. The highest BCUT2D eigenvalue weighted by Gasteiger charge is 1.89. The van der Waals surface area contributed by atoms with Crippen molar-refractivity contribution in [1.82, 2.24) is 0 Å². The molecule has 0 saturated carbocycles. The summed E-state index contributed by atoms with van der Waals surface area (Å²) in [7, 11) is 0. The van der Waals surface area contributed by atoms with Crippen molar-refractivity contribution in [2.75, 3.05) is 13.2 Å². The Labute approximate surface area is 37.3 Å². The number of rotatable bonds is 0. The molecule has 0 atom stereocenters. The average molecular weight is 83.1 g/mol. The Morgan fingerprint density at radius 1 is 1.33 bits per heavy atom. The zero-order valence-corrected chi connectivity index (χ0v) is 3.57. The van der Waals surface area contributed by atoms with Gasteiger partial charge < -0.3 is 4.74 Å². The molecule has 32 valence electrons. The SMILES string of the molecule is C1#CC[OH+]CC1. The Bertz CT molecular complexity index is 75.8. The standard InChI is InChI=1S/C5H6O/c1-2-4-6-5-3-1/h2,4-5H2/p+1. The summed E-state index contributed by atoms with van der Waals surface area (Å²) >= 11 is 0. The Balaban J connectivity index is 2.36. The summed E-state index contributed by atoms with van der Waals surface area (Å²) < 4.78 is 4.00. The maximum absolute atomic E-state index is 4.00. The lowest BCUT2D eigenvalue weighted by atomic mass is 10.4. The number of aliphatic hydroxyl groups is 2. The number of hydrogen-bond acceptors (Lipinski definition) is 0. The molecule has 0 amide bonds. The summed E-state index contributed by atoms with van der Waals surface area (Å²) in [6.07, 6.45) is 0.972. The topological polar surface area (TPSA) is 12.8 Å². The third-order valence-corrected chi connectivity index (χ3v) is 0.711. The van der Waals surface area contributed by atoms with Gasteiger partial charge in [-0.15, -0.1) is 0 Å². The van der Waals surface area contributed by atoms with Gasteiger partial charge in [-0.2, -0.15) is 0 Å². The molecule has 0 saturated heterocycles. The lowest BCUT2D eigenvalue weighted by Crippen LogP contribution is -2.03. The van der Waals surface area contributed by atoms with Crippen molar-refractivity contribution >= 4 is 0 Å². The normalized spacial score (nSPS) is 18.7. The molecule has 0 aromatic heterocycles. The van der Waals surface area contributed by atoms with E-state index in [1.807, 2.05) is 0 Å². The van der Waals surface area contributed by atoms with E-state index >= 15 is 0 Å². The summed E-state index contributed by atoms with van der Waals surface area (Å²) in [5.74, 6) is 5.81. The third-order valence-electron chi connectivity index (χ3n) is 0.711. The minimum Gasteiger partial charge on any atom is -0.423 e. The zero-order chi connectivity index (χ0) is 4.24. The Morgan fingerprint density at radius 3 is 2.50 bits per heavy atom. The maximum Gasteiger partial charge on any atom is 0.207 e. The predicted molar refractivity (Wildman–Crippen MR) is 24.3 cm³/mol. The average Bonchev–Trinajstić information content (AvgIpc) is 1.72. The summed E-state index contributed by atoms with van der Waals surface area (Å²) in [5, 5.41) is 0. The summed E-state index contributed by atoms with van der Waals surface area (Å²) in [4.78, 5) is 0. The molecule has 0 fully saturated rings. The largest absolute Gasteiger partial charge is 0.423 e. The second-order valence-corrected chi connectivity index (χ2v) is 1.21. The number of hydrogen-bond donors (Lipinski definition) is 0. The second-order valence-electron chi connectivity index (χ2n) is 1.21. The minimum atomic E-state index is 0.764. The summed E-state index contributed by atoms with van der Waals surface area (Å²) in [5.41, 5.74) is 0. The lowest BCUT2D eigenvalue weighted by Gasteiger charge is -1.93. The molecule has 0 aromatic carbocycles. The van der Waals surface area contributed by atoms with E-state index in [1.54, 1.807) is 0 Å². The molecule has 1 N–H and O–H groups in total. The van der Waals surface area contributed by atoms with Crippen LogP contribution in [0.15, 0.2) is 0 Å². The van der Waals surface area contributed by atoms with E-state index in [2.05, 4.69) is 16.6 Å². The van der Waals surface area contributed by atoms with Crippen LogP contribution in [-0.4, -0.2) is 18.0 Å². The van der Waals surface area contributed by atoms with Crippen LogP contribution in [0.4, 0.5) is 0 Å². The van der Waals surface area contributed by atoms with Crippen molar-refractivity contribution in [3.63, 3.8) is 0 Å². The highest BCUT2D eigenvalue weighted by molar-refractivity contribution is 5.00. The minimum absolute atomic E-state index is 0.764. The van der Waals surface area contributed by atoms with Gasteiger partial charge in [-0.1, -0.05) is 5.92 Å². The van der Waals surface area contributed by atoms with Gasteiger partial charge in [-0.25, -0.2) is 0 Å². The van der Waals surface area contributed by atoms with Crippen LogP contribution in [-0.2, 0) is 0 Å². The fraction of sp³-hybridized carbons (Fsp3) is 0.600. The van der Waals surface area contributed by atoms with Gasteiger partial charge in [-0.3, -0.25) is 0 Å². The third kappa shape index (κ3) is 0.734. The Kier molecular flexibility index (Phi) is 1.13. The lowest BCUT2D eigenvalue weighted by molar-refractivity contribution is -0.0119. The van der Waals surface area contributed by atoms with Crippen molar-refractivity contribution in [1.29, 1.82) is 0 Å². The van der Waals surface area contributed by atoms with Crippen LogP contribution in [0.1, 0.15) is 6.42 Å². The Morgan fingerprint density at radius 2 is 2.33 bits per heavy atom. The van der Waals surface area contributed by atoms with Gasteiger partial charge in [0.15, 0.2) is 6.61 Å². The molecule has 1 aliphatic rings. The van der Waals surface area contributed by atoms with E-state index in [4.69, 9.17) is 0 Å². The first-order valence-electron chi connectivity index (χ1n) is 2.09. The van der Waals surface area contributed by atoms with Gasteiger partial charge in [0.1, 0.15) is 0 Å². The van der Waals surface area contributed by atoms with E-state index in [9.17, 15) is 0 Å². The summed E-state index contributed by atoms with van der Waals surface area (Å²) in [6, 6.07) is 0. The van der Waals surface area contributed by atoms with Gasteiger partial charge in [-0.05, 0) is 5.92 Å². The summed E-state index contributed by atoms with van der Waals surface area (Å²) in [6.45, 7) is 1.72. The zero-order valence-electron chi connectivity index (χ0n) is 3.57. The number of ether oxygens (including phenoxy) is 1. The van der Waals surface area contributed by atoms with Crippen LogP contribution in [0.25, 0.3) is 0 Å². The van der Waals surface area contributed by atoms with E-state index in [0.717, 1.165) is 19.6 Å².